The molecule has 1 rings (SSSR count). The molecular formula is C11H10Cl2F3NO2. The second-order valence-electron chi connectivity index (χ2n) is 3.58. The van der Waals surface area contributed by atoms with E-state index in [9.17, 15) is 18.0 Å². The first-order chi connectivity index (χ1) is 8.73. The van der Waals surface area contributed by atoms with E-state index in [0.29, 0.717) is 0 Å². The lowest BCUT2D eigenvalue weighted by Crippen LogP contribution is -2.42. The number of rotatable bonds is 4. The molecule has 19 heavy (non-hydrogen) atoms. The molecule has 0 saturated carbocycles. The topological polar surface area (TPSA) is 52.3 Å². The van der Waals surface area contributed by atoms with Gasteiger partial charge < -0.3 is 10.5 Å². The number of hydrogen-bond acceptors (Lipinski definition) is 3. The minimum absolute atomic E-state index is 0.257. The Balaban J connectivity index is 3.23. The molecule has 0 bridgehead atoms. The molecule has 0 aliphatic rings. The lowest BCUT2D eigenvalue weighted by Gasteiger charge is -2.23. The molecule has 0 spiro atoms. The van der Waals surface area contributed by atoms with Gasteiger partial charge >= 0.3 is 11.9 Å². The number of esters is 1. The molecular weight excluding hydrogens is 306 g/mol. The first-order valence-corrected chi connectivity index (χ1v) is 5.93. The Labute approximate surface area is 117 Å². The summed E-state index contributed by atoms with van der Waals surface area (Å²) in [6.45, 7) is 1.10. The predicted octanol–water partition coefficient (Wildman–Crippen LogP) is 3.33. The monoisotopic (exact) mass is 315 g/mol. The normalized spacial score (nSPS) is 13.2. The van der Waals surface area contributed by atoms with E-state index >= 15 is 0 Å². The molecule has 1 aromatic carbocycles. The third-order valence-electron chi connectivity index (χ3n) is 2.33. The van der Waals surface area contributed by atoms with Crippen molar-refractivity contribution in [3.05, 3.63) is 33.6 Å². The summed E-state index contributed by atoms with van der Waals surface area (Å²) in [7, 11) is 0. The van der Waals surface area contributed by atoms with Gasteiger partial charge in [-0.1, -0.05) is 23.2 Å². The molecule has 0 aliphatic carbocycles. The highest BCUT2D eigenvalue weighted by atomic mass is 35.5. The number of ether oxygens (including phenoxy) is 1. The van der Waals surface area contributed by atoms with Gasteiger partial charge in [0.15, 0.2) is 0 Å². The van der Waals surface area contributed by atoms with Crippen LogP contribution in [0.3, 0.4) is 0 Å². The maximum atomic E-state index is 13.7. The van der Waals surface area contributed by atoms with E-state index in [1.54, 1.807) is 0 Å². The number of halogens is 5. The Hall–Kier alpha value is -0.980. The van der Waals surface area contributed by atoms with Gasteiger partial charge in [-0.25, -0.2) is 9.18 Å². The Morgan fingerprint density at radius 3 is 2.47 bits per heavy atom. The molecule has 3 nitrogen and oxygen atoms in total. The summed E-state index contributed by atoms with van der Waals surface area (Å²) in [4.78, 5) is 11.1. The highest BCUT2D eigenvalue weighted by Gasteiger charge is 2.49. The van der Waals surface area contributed by atoms with Crippen LogP contribution in [-0.4, -0.2) is 18.5 Å². The van der Waals surface area contributed by atoms with Crippen molar-refractivity contribution in [3.8, 4) is 0 Å². The Morgan fingerprint density at radius 1 is 1.42 bits per heavy atom. The fraction of sp³-hybridized carbons (Fsp3) is 0.364. The second kappa shape index (κ2) is 5.98. The fourth-order valence-electron chi connectivity index (χ4n) is 1.36. The first kappa shape index (κ1) is 16.1. The van der Waals surface area contributed by atoms with E-state index in [2.05, 4.69) is 4.74 Å². The number of hydrogen-bond donors (Lipinski definition) is 1. The zero-order chi connectivity index (χ0) is 14.8. The molecule has 0 amide bonds. The molecule has 0 saturated heterocycles. The van der Waals surface area contributed by atoms with Crippen molar-refractivity contribution in [2.45, 2.75) is 18.9 Å². The van der Waals surface area contributed by atoms with Crippen molar-refractivity contribution >= 4 is 29.2 Å². The molecule has 8 heteroatoms. The smallest absolute Gasteiger partial charge is 0.379 e. The molecule has 1 aromatic rings. The van der Waals surface area contributed by atoms with Gasteiger partial charge in [0, 0.05) is 10.6 Å². The minimum Gasteiger partial charge on any atom is -0.462 e. The van der Waals surface area contributed by atoms with Crippen LogP contribution < -0.4 is 5.73 Å². The van der Waals surface area contributed by atoms with Crippen molar-refractivity contribution in [2.24, 2.45) is 5.73 Å². The molecule has 2 N–H and O–H groups in total. The summed E-state index contributed by atoms with van der Waals surface area (Å²) in [5, 5.41) is -0.770. The second-order valence-corrected chi connectivity index (χ2v) is 4.39. The number of carbonyl (C=O) groups is 1. The molecule has 0 fully saturated rings. The van der Waals surface area contributed by atoms with Crippen LogP contribution in [0.4, 0.5) is 13.2 Å². The Bertz CT molecular complexity index is 497. The zero-order valence-corrected chi connectivity index (χ0v) is 11.2. The Morgan fingerprint density at radius 2 is 1.95 bits per heavy atom. The van der Waals surface area contributed by atoms with E-state index in [1.165, 1.54) is 6.92 Å². The number of benzene rings is 1. The van der Waals surface area contributed by atoms with Crippen LogP contribution in [0.15, 0.2) is 12.1 Å². The van der Waals surface area contributed by atoms with Gasteiger partial charge in [0.25, 0.3) is 0 Å². The van der Waals surface area contributed by atoms with Crippen LogP contribution in [0.2, 0.25) is 10.0 Å². The summed E-state index contributed by atoms with van der Waals surface area (Å²) in [5.41, 5.74) is 4.51. The van der Waals surface area contributed by atoms with E-state index in [4.69, 9.17) is 28.9 Å². The van der Waals surface area contributed by atoms with Gasteiger partial charge in [-0.05, 0) is 19.1 Å². The van der Waals surface area contributed by atoms with Crippen molar-refractivity contribution in [3.63, 3.8) is 0 Å². The quantitative estimate of drug-likeness (QED) is 0.685. The van der Waals surface area contributed by atoms with Crippen LogP contribution >= 0.6 is 23.2 Å². The van der Waals surface area contributed by atoms with Gasteiger partial charge in [-0.2, -0.15) is 8.78 Å². The average Bonchev–Trinajstić information content (AvgIpc) is 2.34. The molecule has 106 valence electrons. The van der Waals surface area contributed by atoms with E-state index < -0.39 is 34.3 Å². The molecule has 0 aromatic heterocycles. The maximum absolute atomic E-state index is 13.7. The molecule has 0 radical (unpaired) electrons. The van der Waals surface area contributed by atoms with Gasteiger partial charge in [0.05, 0.1) is 11.6 Å². The van der Waals surface area contributed by atoms with Crippen molar-refractivity contribution in [2.75, 3.05) is 6.61 Å². The largest absolute Gasteiger partial charge is 0.462 e. The van der Waals surface area contributed by atoms with Crippen molar-refractivity contribution in [1.82, 2.24) is 0 Å². The van der Waals surface area contributed by atoms with Crippen molar-refractivity contribution in [1.29, 1.82) is 0 Å². The summed E-state index contributed by atoms with van der Waals surface area (Å²) >= 11 is 11.1. The van der Waals surface area contributed by atoms with E-state index in [0.717, 1.165) is 12.1 Å². The van der Waals surface area contributed by atoms with Gasteiger partial charge in [0.1, 0.15) is 11.9 Å². The number of carbonyl (C=O) groups excluding carboxylic acids is 1. The standard InChI is InChI=1S/C11H10Cl2F3NO2/c1-2-19-10(18)11(15,16)9(17)7-5(12)3-4-6(13)8(7)14/h3-4,9H,2,17H2,1H3/t9-/m1/s1. The van der Waals surface area contributed by atoms with Crippen LogP contribution in [0, 0.1) is 5.82 Å². The van der Waals surface area contributed by atoms with Gasteiger partial charge in [0.2, 0.25) is 0 Å². The van der Waals surface area contributed by atoms with E-state index in [1.807, 2.05) is 0 Å². The first-order valence-electron chi connectivity index (χ1n) is 5.17. The van der Waals surface area contributed by atoms with Gasteiger partial charge in [-0.3, -0.25) is 0 Å². The third kappa shape index (κ3) is 3.13. The highest BCUT2D eigenvalue weighted by Crippen LogP contribution is 2.37. The van der Waals surface area contributed by atoms with Gasteiger partial charge in [-0.15, -0.1) is 0 Å². The molecule has 0 heterocycles. The molecule has 1 atom stereocenters. The van der Waals surface area contributed by atoms with Crippen LogP contribution in [0.5, 0.6) is 0 Å². The lowest BCUT2D eigenvalue weighted by molar-refractivity contribution is -0.174. The van der Waals surface area contributed by atoms with E-state index in [-0.39, 0.29) is 11.6 Å². The lowest BCUT2D eigenvalue weighted by atomic mass is 10.0. The minimum atomic E-state index is -4.12. The summed E-state index contributed by atoms with van der Waals surface area (Å²) in [6.07, 6.45) is 0. The van der Waals surface area contributed by atoms with Crippen LogP contribution in [0.1, 0.15) is 18.5 Å². The number of nitrogens with two attached hydrogens (primary N) is 1. The SMILES string of the molecule is CCOC(=O)C(F)(F)[C@H](N)c1c(Cl)ccc(Cl)c1F. The highest BCUT2D eigenvalue weighted by molar-refractivity contribution is 6.33. The summed E-state index contributed by atoms with van der Waals surface area (Å²) < 4.78 is 45.3. The Kier molecular flexibility index (Phi) is 5.06. The predicted molar refractivity (Wildman–Crippen MR) is 64.9 cm³/mol. The molecule has 0 unspecified atom stereocenters. The molecule has 0 aliphatic heterocycles. The number of alkyl halides is 2. The van der Waals surface area contributed by atoms with Crippen LogP contribution in [-0.2, 0) is 9.53 Å². The third-order valence-corrected chi connectivity index (χ3v) is 2.95. The van der Waals surface area contributed by atoms with Crippen molar-refractivity contribution < 1.29 is 22.7 Å². The summed E-state index contributed by atoms with van der Waals surface area (Å²) in [6, 6.07) is -0.0841. The zero-order valence-electron chi connectivity index (χ0n) is 9.72. The van der Waals surface area contributed by atoms with Crippen LogP contribution in [0.25, 0.3) is 0 Å². The fourth-order valence-corrected chi connectivity index (χ4v) is 1.79. The average molecular weight is 316 g/mol. The maximum Gasteiger partial charge on any atom is 0.379 e. The summed E-state index contributed by atoms with van der Waals surface area (Å²) in [5.74, 6) is -7.16.